The van der Waals surface area contributed by atoms with Gasteiger partial charge in [-0.25, -0.2) is 0 Å². The molecule has 0 atom stereocenters. The van der Waals surface area contributed by atoms with Gasteiger partial charge in [0.05, 0.1) is 5.02 Å². The molecule has 2 aromatic carbocycles. The minimum Gasteiger partial charge on any atom is -0.382 e. The fourth-order valence-corrected chi connectivity index (χ4v) is 6.07. The molecule has 2 fully saturated rings. The Morgan fingerprint density at radius 1 is 1.03 bits per heavy atom. The molecule has 0 spiro atoms. The van der Waals surface area contributed by atoms with E-state index in [4.69, 9.17) is 11.6 Å². The van der Waals surface area contributed by atoms with Crippen LogP contribution in [0.15, 0.2) is 47.4 Å². The van der Waals surface area contributed by atoms with Crippen molar-refractivity contribution in [3.8, 4) is 0 Å². The van der Waals surface area contributed by atoms with Gasteiger partial charge in [0.2, 0.25) is 5.91 Å². The van der Waals surface area contributed by atoms with E-state index >= 15 is 0 Å². The summed E-state index contributed by atoms with van der Waals surface area (Å²) >= 11 is 5.73. The summed E-state index contributed by atoms with van der Waals surface area (Å²) in [6, 6.07) is 13.5. The normalized spacial score (nSPS) is 17.8. The van der Waals surface area contributed by atoms with Crippen molar-refractivity contribution in [2.24, 2.45) is 5.92 Å². The molecule has 0 saturated carbocycles. The van der Waals surface area contributed by atoms with E-state index in [2.05, 4.69) is 41.4 Å². The Labute approximate surface area is 226 Å². The van der Waals surface area contributed by atoms with Crippen LogP contribution in [0, 0.1) is 12.8 Å². The van der Waals surface area contributed by atoms with E-state index in [0.29, 0.717) is 31.1 Å². The Bertz CT molecular complexity index is 1030. The molecule has 2 aliphatic rings. The van der Waals surface area contributed by atoms with Gasteiger partial charge in [-0.05, 0) is 93.5 Å². The van der Waals surface area contributed by atoms with Crippen LogP contribution < -0.4 is 10.2 Å². The summed E-state index contributed by atoms with van der Waals surface area (Å²) in [7, 11) is 0. The summed E-state index contributed by atoms with van der Waals surface area (Å²) in [6.45, 7) is 5.60. The second kappa shape index (κ2) is 12.7. The van der Waals surface area contributed by atoms with Crippen molar-refractivity contribution in [3.05, 3.63) is 53.1 Å². The molecular formula is C28H35ClF3N3OS. The Hall–Kier alpha value is -2.06. The number of rotatable bonds is 8. The van der Waals surface area contributed by atoms with Gasteiger partial charge in [-0.2, -0.15) is 13.2 Å². The Morgan fingerprint density at radius 2 is 1.70 bits per heavy atom. The number of carbonyl (C=O) groups is 1. The number of likely N-dealkylation sites (tertiary alicyclic amines) is 1. The van der Waals surface area contributed by atoms with E-state index in [1.165, 1.54) is 36.2 Å². The maximum atomic E-state index is 12.8. The van der Waals surface area contributed by atoms with E-state index in [9.17, 15) is 18.0 Å². The van der Waals surface area contributed by atoms with Crippen LogP contribution in [0.2, 0.25) is 5.02 Å². The first kappa shape index (κ1) is 28.0. The monoisotopic (exact) mass is 553 g/mol. The van der Waals surface area contributed by atoms with Crippen LogP contribution in [0.1, 0.15) is 50.5 Å². The van der Waals surface area contributed by atoms with E-state index in [-0.39, 0.29) is 33.6 Å². The average molecular weight is 554 g/mol. The number of anilines is 2. The summed E-state index contributed by atoms with van der Waals surface area (Å²) in [6.07, 6.45) is 6.50. The summed E-state index contributed by atoms with van der Waals surface area (Å²) in [5.41, 5.74) is -1.18. The first-order valence-corrected chi connectivity index (χ1v) is 14.3. The Morgan fingerprint density at radius 3 is 2.35 bits per heavy atom. The molecule has 1 N–H and O–H groups in total. The van der Waals surface area contributed by atoms with Crippen molar-refractivity contribution in [2.45, 2.75) is 68.3 Å². The zero-order valence-electron chi connectivity index (χ0n) is 21.2. The highest BCUT2D eigenvalue weighted by atomic mass is 35.5. The predicted octanol–water partition coefficient (Wildman–Crippen LogP) is 7.75. The van der Waals surface area contributed by atoms with Crippen molar-refractivity contribution in [1.29, 1.82) is 0 Å². The van der Waals surface area contributed by atoms with Gasteiger partial charge in [-0.15, -0.1) is 0 Å². The summed E-state index contributed by atoms with van der Waals surface area (Å²) < 4.78 is 38.3. The quantitative estimate of drug-likeness (QED) is 0.339. The molecule has 37 heavy (non-hydrogen) atoms. The molecule has 2 saturated heterocycles. The lowest BCUT2D eigenvalue weighted by Gasteiger charge is -2.34. The van der Waals surface area contributed by atoms with Crippen LogP contribution in [-0.4, -0.2) is 48.5 Å². The van der Waals surface area contributed by atoms with Gasteiger partial charge in [-0.1, -0.05) is 29.3 Å². The molecule has 0 aliphatic carbocycles. The third-order valence-corrected chi connectivity index (χ3v) is 8.62. The number of nitrogens with one attached hydrogen (secondary N) is 1. The lowest BCUT2D eigenvalue weighted by Crippen LogP contribution is -2.42. The number of alkyl halides is 3. The molecule has 1 amide bonds. The SMILES string of the molecule is Cc1ccc(N2CCC(CCCC(=O)N3CCC(Nc4ccc(Cl)c(SC(F)(F)F)c4)CC3)CC2)cc1. The third kappa shape index (κ3) is 8.47. The van der Waals surface area contributed by atoms with Gasteiger partial charge >= 0.3 is 5.51 Å². The van der Waals surface area contributed by atoms with Crippen molar-refractivity contribution < 1.29 is 18.0 Å². The Kier molecular flexibility index (Phi) is 9.57. The van der Waals surface area contributed by atoms with Gasteiger partial charge in [-0.3, -0.25) is 4.79 Å². The molecule has 202 valence electrons. The summed E-state index contributed by atoms with van der Waals surface area (Å²) in [5, 5.41) is 3.40. The topological polar surface area (TPSA) is 35.6 Å². The molecule has 2 aromatic rings. The number of amides is 1. The minimum absolute atomic E-state index is 0.00685. The van der Waals surface area contributed by atoms with Gasteiger partial charge in [0.25, 0.3) is 0 Å². The summed E-state index contributed by atoms with van der Waals surface area (Å²) in [5.74, 6) is 0.898. The fraction of sp³-hybridized carbons (Fsp3) is 0.536. The van der Waals surface area contributed by atoms with Gasteiger partial charge in [0, 0.05) is 54.9 Å². The molecule has 0 unspecified atom stereocenters. The van der Waals surface area contributed by atoms with Crippen LogP contribution in [0.4, 0.5) is 24.5 Å². The number of piperidine rings is 2. The van der Waals surface area contributed by atoms with E-state index in [0.717, 1.165) is 38.8 Å². The van der Waals surface area contributed by atoms with Crippen molar-refractivity contribution in [1.82, 2.24) is 4.90 Å². The van der Waals surface area contributed by atoms with Gasteiger partial charge in [0.15, 0.2) is 0 Å². The van der Waals surface area contributed by atoms with E-state index < -0.39 is 5.51 Å². The van der Waals surface area contributed by atoms with Crippen molar-refractivity contribution in [2.75, 3.05) is 36.4 Å². The first-order chi connectivity index (χ1) is 17.7. The number of hydrogen-bond acceptors (Lipinski definition) is 4. The Balaban J connectivity index is 1.14. The molecular weight excluding hydrogens is 519 g/mol. The number of benzene rings is 2. The number of carbonyl (C=O) groups excluding carboxylic acids is 1. The number of thioether (sulfide) groups is 1. The number of nitrogens with zero attached hydrogens (tertiary/aromatic N) is 2. The highest BCUT2D eigenvalue weighted by Crippen LogP contribution is 2.41. The maximum Gasteiger partial charge on any atom is 0.446 e. The van der Waals surface area contributed by atoms with Crippen LogP contribution in [-0.2, 0) is 4.79 Å². The van der Waals surface area contributed by atoms with Crippen LogP contribution >= 0.6 is 23.4 Å². The lowest BCUT2D eigenvalue weighted by atomic mass is 9.91. The average Bonchev–Trinajstić information content (AvgIpc) is 2.86. The van der Waals surface area contributed by atoms with Gasteiger partial charge < -0.3 is 15.1 Å². The number of halogens is 4. The third-order valence-electron chi connectivity index (χ3n) is 7.39. The second-order valence-corrected chi connectivity index (χ2v) is 11.7. The summed E-state index contributed by atoms with van der Waals surface area (Å²) in [4.78, 5) is 17.1. The van der Waals surface area contributed by atoms with Crippen molar-refractivity contribution in [3.63, 3.8) is 0 Å². The lowest BCUT2D eigenvalue weighted by molar-refractivity contribution is -0.132. The molecule has 0 radical (unpaired) electrons. The fourth-order valence-electron chi connectivity index (χ4n) is 5.24. The predicted molar refractivity (Wildman–Crippen MR) is 147 cm³/mol. The van der Waals surface area contributed by atoms with Gasteiger partial charge in [0.1, 0.15) is 0 Å². The van der Waals surface area contributed by atoms with Crippen LogP contribution in [0.3, 0.4) is 0 Å². The molecule has 4 rings (SSSR count). The van der Waals surface area contributed by atoms with E-state index in [1.807, 2.05) is 4.90 Å². The number of hydrogen-bond donors (Lipinski definition) is 1. The zero-order valence-corrected chi connectivity index (χ0v) is 22.8. The highest BCUT2D eigenvalue weighted by Gasteiger charge is 2.31. The zero-order chi connectivity index (χ0) is 26.4. The first-order valence-electron chi connectivity index (χ1n) is 13.1. The minimum atomic E-state index is -4.38. The molecule has 2 heterocycles. The molecule has 0 bridgehead atoms. The van der Waals surface area contributed by atoms with Crippen molar-refractivity contribution >= 4 is 40.6 Å². The second-order valence-electron chi connectivity index (χ2n) is 10.2. The molecule has 4 nitrogen and oxygen atoms in total. The number of aryl methyl sites for hydroxylation is 1. The standard InChI is InChI=1S/C28H35ClF3N3OS/c1-20-5-8-24(9-6-20)34-15-11-21(12-16-34)3-2-4-27(36)35-17-13-22(14-18-35)33-23-7-10-25(29)26(19-23)37-28(30,31)32/h5-10,19,21-22,33H,2-4,11-18H2,1H3. The van der Waals surface area contributed by atoms with Crippen LogP contribution in [0.5, 0.6) is 0 Å². The largest absolute Gasteiger partial charge is 0.446 e. The molecule has 2 aliphatic heterocycles. The maximum absolute atomic E-state index is 12.8. The smallest absolute Gasteiger partial charge is 0.382 e. The van der Waals surface area contributed by atoms with E-state index in [1.54, 1.807) is 6.07 Å². The molecule has 9 heteroatoms. The highest BCUT2D eigenvalue weighted by molar-refractivity contribution is 8.00. The van der Waals surface area contributed by atoms with Crippen LogP contribution in [0.25, 0.3) is 0 Å². The molecule has 0 aromatic heterocycles.